The van der Waals surface area contributed by atoms with Crippen molar-refractivity contribution in [1.29, 1.82) is 0 Å². The Balaban J connectivity index is 2.21. The first-order valence-corrected chi connectivity index (χ1v) is 5.03. The van der Waals surface area contributed by atoms with Crippen molar-refractivity contribution in [3.8, 4) is 0 Å². The average molecular weight is 215 g/mol. The quantitative estimate of drug-likeness (QED) is 0.839. The molecule has 82 valence electrons. The van der Waals surface area contributed by atoms with Crippen molar-refractivity contribution in [3.63, 3.8) is 0 Å². The Morgan fingerprint density at radius 3 is 2.81 bits per heavy atom. The second kappa shape index (κ2) is 4.18. The highest BCUT2D eigenvalue weighted by Crippen LogP contribution is 2.09. The lowest BCUT2D eigenvalue weighted by Gasteiger charge is -2.04. The Labute approximate surface area is 93.7 Å². The molecular formula is C12H13N3O. The third-order valence-electron chi connectivity index (χ3n) is 2.51. The molecule has 2 aromatic rings. The van der Waals surface area contributed by atoms with Gasteiger partial charge in [-0.3, -0.25) is 9.48 Å². The van der Waals surface area contributed by atoms with Crippen molar-refractivity contribution in [2.45, 2.75) is 13.5 Å². The van der Waals surface area contributed by atoms with Gasteiger partial charge in [0.2, 0.25) is 0 Å². The van der Waals surface area contributed by atoms with Gasteiger partial charge in [-0.05, 0) is 18.1 Å². The molecule has 1 amide bonds. The molecule has 0 saturated heterocycles. The molecule has 16 heavy (non-hydrogen) atoms. The fourth-order valence-electron chi connectivity index (χ4n) is 1.54. The van der Waals surface area contributed by atoms with E-state index in [1.165, 1.54) is 17.3 Å². The number of hydrogen-bond donors (Lipinski definition) is 1. The van der Waals surface area contributed by atoms with Crippen LogP contribution in [0.4, 0.5) is 0 Å². The minimum Gasteiger partial charge on any atom is -0.366 e. The molecule has 2 rings (SSSR count). The molecule has 4 heteroatoms. The lowest BCUT2D eigenvalue weighted by Crippen LogP contribution is -2.09. The highest BCUT2D eigenvalue weighted by atomic mass is 16.1. The molecule has 0 aliphatic rings. The van der Waals surface area contributed by atoms with Crippen LogP contribution in [0.15, 0.2) is 36.7 Å². The van der Waals surface area contributed by atoms with E-state index in [-0.39, 0.29) is 0 Å². The summed E-state index contributed by atoms with van der Waals surface area (Å²) in [5, 5.41) is 4.09. The minimum atomic E-state index is -0.448. The summed E-state index contributed by atoms with van der Waals surface area (Å²) in [7, 11) is 0. The van der Waals surface area contributed by atoms with Gasteiger partial charge in [-0.15, -0.1) is 0 Å². The molecular weight excluding hydrogens is 202 g/mol. The van der Waals surface area contributed by atoms with Crippen molar-refractivity contribution in [2.75, 3.05) is 0 Å². The summed E-state index contributed by atoms with van der Waals surface area (Å²) < 4.78 is 1.71. The van der Waals surface area contributed by atoms with Crippen LogP contribution in [-0.4, -0.2) is 15.7 Å². The van der Waals surface area contributed by atoms with Gasteiger partial charge < -0.3 is 5.73 Å². The first-order chi connectivity index (χ1) is 7.66. The maximum absolute atomic E-state index is 10.9. The molecule has 0 radical (unpaired) electrons. The van der Waals surface area contributed by atoms with Gasteiger partial charge in [-0.25, -0.2) is 0 Å². The van der Waals surface area contributed by atoms with Crippen molar-refractivity contribution in [1.82, 2.24) is 9.78 Å². The number of amides is 1. The molecule has 0 unspecified atom stereocenters. The van der Waals surface area contributed by atoms with E-state index in [1.807, 2.05) is 31.2 Å². The Morgan fingerprint density at radius 1 is 1.44 bits per heavy atom. The molecule has 0 bridgehead atoms. The maximum atomic E-state index is 10.9. The smallest absolute Gasteiger partial charge is 0.251 e. The molecule has 1 aromatic heterocycles. The highest BCUT2D eigenvalue weighted by Gasteiger charge is 2.04. The third-order valence-corrected chi connectivity index (χ3v) is 2.51. The first kappa shape index (κ1) is 10.4. The van der Waals surface area contributed by atoms with Crippen LogP contribution in [0.25, 0.3) is 0 Å². The van der Waals surface area contributed by atoms with E-state index in [9.17, 15) is 4.79 Å². The van der Waals surface area contributed by atoms with Gasteiger partial charge in [0.15, 0.2) is 0 Å². The number of rotatable bonds is 3. The molecule has 0 aliphatic carbocycles. The minimum absolute atomic E-state index is 0.439. The number of benzene rings is 1. The fraction of sp³-hybridized carbons (Fsp3) is 0.167. The Kier molecular flexibility index (Phi) is 2.72. The Morgan fingerprint density at radius 2 is 2.19 bits per heavy atom. The zero-order valence-corrected chi connectivity index (χ0v) is 9.05. The van der Waals surface area contributed by atoms with Crippen LogP contribution in [0, 0.1) is 6.92 Å². The van der Waals surface area contributed by atoms with Gasteiger partial charge in [-0.1, -0.05) is 24.3 Å². The molecule has 0 saturated carbocycles. The summed E-state index contributed by atoms with van der Waals surface area (Å²) in [5.74, 6) is -0.448. The molecule has 0 atom stereocenters. The summed E-state index contributed by atoms with van der Waals surface area (Å²) in [6.07, 6.45) is 3.15. The monoisotopic (exact) mass is 215 g/mol. The van der Waals surface area contributed by atoms with Gasteiger partial charge in [-0.2, -0.15) is 5.10 Å². The topological polar surface area (TPSA) is 60.9 Å². The number of aryl methyl sites for hydroxylation is 1. The molecule has 0 spiro atoms. The third kappa shape index (κ3) is 2.11. The Bertz CT molecular complexity index is 516. The van der Waals surface area contributed by atoms with Crippen LogP contribution in [0.5, 0.6) is 0 Å². The predicted molar refractivity (Wildman–Crippen MR) is 61.0 cm³/mol. The van der Waals surface area contributed by atoms with E-state index in [1.54, 1.807) is 10.9 Å². The van der Waals surface area contributed by atoms with E-state index >= 15 is 0 Å². The van der Waals surface area contributed by atoms with Gasteiger partial charge in [0.25, 0.3) is 5.91 Å². The van der Waals surface area contributed by atoms with E-state index in [0.717, 1.165) is 0 Å². The van der Waals surface area contributed by atoms with Gasteiger partial charge >= 0.3 is 0 Å². The summed E-state index contributed by atoms with van der Waals surface area (Å²) >= 11 is 0. The lowest BCUT2D eigenvalue weighted by molar-refractivity contribution is 0.1000. The molecule has 0 fully saturated rings. The second-order valence-corrected chi connectivity index (χ2v) is 3.72. The summed E-state index contributed by atoms with van der Waals surface area (Å²) in [6.45, 7) is 2.70. The van der Waals surface area contributed by atoms with Gasteiger partial charge in [0.05, 0.1) is 18.3 Å². The van der Waals surface area contributed by atoms with Crippen LogP contribution >= 0.6 is 0 Å². The average Bonchev–Trinajstić information content (AvgIpc) is 2.70. The maximum Gasteiger partial charge on any atom is 0.251 e. The van der Waals surface area contributed by atoms with Gasteiger partial charge in [0, 0.05) is 6.20 Å². The molecule has 4 nitrogen and oxygen atoms in total. The summed E-state index contributed by atoms with van der Waals surface area (Å²) in [4.78, 5) is 10.9. The predicted octanol–water partition coefficient (Wildman–Crippen LogP) is 1.34. The number of primary amides is 1. The van der Waals surface area contributed by atoms with E-state index in [4.69, 9.17) is 5.73 Å². The normalized spacial score (nSPS) is 10.3. The number of aromatic nitrogens is 2. The zero-order valence-electron chi connectivity index (χ0n) is 9.05. The summed E-state index contributed by atoms with van der Waals surface area (Å²) in [6, 6.07) is 8.08. The largest absolute Gasteiger partial charge is 0.366 e. The van der Waals surface area contributed by atoms with Crippen LogP contribution in [0.2, 0.25) is 0 Å². The summed E-state index contributed by atoms with van der Waals surface area (Å²) in [5.41, 5.74) is 7.99. The van der Waals surface area contributed by atoms with E-state index in [2.05, 4.69) is 5.10 Å². The van der Waals surface area contributed by atoms with Crippen molar-refractivity contribution < 1.29 is 4.79 Å². The van der Waals surface area contributed by atoms with Crippen LogP contribution in [0.1, 0.15) is 21.5 Å². The fourth-order valence-corrected chi connectivity index (χ4v) is 1.54. The molecule has 1 heterocycles. The van der Waals surface area contributed by atoms with Crippen LogP contribution < -0.4 is 5.73 Å². The first-order valence-electron chi connectivity index (χ1n) is 5.03. The number of nitrogens with two attached hydrogens (primary N) is 1. The lowest BCUT2D eigenvalue weighted by atomic mass is 10.1. The molecule has 2 N–H and O–H groups in total. The standard InChI is InChI=1S/C12H13N3O/c1-9-4-2-3-5-10(9)7-15-8-11(6-14-15)12(13)16/h2-6,8H,7H2,1H3,(H2,13,16). The van der Waals surface area contributed by atoms with Gasteiger partial charge in [0.1, 0.15) is 0 Å². The van der Waals surface area contributed by atoms with Crippen molar-refractivity contribution in [3.05, 3.63) is 53.3 Å². The van der Waals surface area contributed by atoms with E-state index < -0.39 is 5.91 Å². The number of carbonyl (C=O) groups excluding carboxylic acids is 1. The van der Waals surface area contributed by atoms with Crippen LogP contribution in [0.3, 0.4) is 0 Å². The number of hydrogen-bond acceptors (Lipinski definition) is 2. The van der Waals surface area contributed by atoms with Crippen molar-refractivity contribution >= 4 is 5.91 Å². The molecule has 1 aromatic carbocycles. The highest BCUT2D eigenvalue weighted by molar-refractivity contribution is 5.92. The Hall–Kier alpha value is -2.10. The second-order valence-electron chi connectivity index (χ2n) is 3.72. The van der Waals surface area contributed by atoms with Crippen LogP contribution in [-0.2, 0) is 6.54 Å². The van der Waals surface area contributed by atoms with E-state index in [0.29, 0.717) is 12.1 Å². The zero-order chi connectivity index (χ0) is 11.5. The molecule has 0 aliphatic heterocycles. The number of nitrogens with zero attached hydrogens (tertiary/aromatic N) is 2. The number of carbonyl (C=O) groups is 1. The van der Waals surface area contributed by atoms with Crippen molar-refractivity contribution in [2.24, 2.45) is 5.73 Å². The SMILES string of the molecule is Cc1ccccc1Cn1cc(C(N)=O)cn1.